The van der Waals surface area contributed by atoms with E-state index in [2.05, 4.69) is 29.2 Å². The predicted octanol–water partition coefficient (Wildman–Crippen LogP) is 4.54. The lowest BCUT2D eigenvalue weighted by Crippen LogP contribution is -2.34. The molecule has 0 aliphatic rings. The van der Waals surface area contributed by atoms with Crippen molar-refractivity contribution < 1.29 is 4.79 Å². The van der Waals surface area contributed by atoms with Crippen LogP contribution in [0.2, 0.25) is 5.02 Å². The van der Waals surface area contributed by atoms with Gasteiger partial charge in [-0.3, -0.25) is 4.79 Å². The topological polar surface area (TPSA) is 50.2 Å². The normalized spacial score (nSPS) is 11.0. The Morgan fingerprint density at radius 2 is 1.93 bits per heavy atom. The van der Waals surface area contributed by atoms with Crippen molar-refractivity contribution >= 4 is 51.5 Å². The maximum atomic E-state index is 12.5. The van der Waals surface area contributed by atoms with E-state index in [-0.39, 0.29) is 18.3 Å². The number of likely N-dealkylation sites (N-methyl/N-ethyl adjacent to an activating group) is 1. The number of halogens is 2. The van der Waals surface area contributed by atoms with Crippen molar-refractivity contribution in [3.63, 3.8) is 0 Å². The lowest BCUT2D eigenvalue weighted by Gasteiger charge is -2.17. The van der Waals surface area contributed by atoms with Crippen LogP contribution in [-0.2, 0) is 0 Å². The van der Waals surface area contributed by atoms with Gasteiger partial charge in [0.1, 0.15) is 4.83 Å². The van der Waals surface area contributed by atoms with E-state index in [0.29, 0.717) is 16.4 Å². The number of nitrogens with zero attached hydrogens (tertiary/aromatic N) is 3. The van der Waals surface area contributed by atoms with Crippen LogP contribution in [0.5, 0.6) is 0 Å². The molecule has 2 aromatic heterocycles. The van der Waals surface area contributed by atoms with Gasteiger partial charge in [0, 0.05) is 23.5 Å². The highest BCUT2D eigenvalue weighted by Crippen LogP contribution is 2.30. The minimum atomic E-state index is -0.0274. The largest absolute Gasteiger partial charge is 0.350 e. The van der Waals surface area contributed by atoms with Gasteiger partial charge in [-0.05, 0) is 50.3 Å². The second-order valence-corrected chi connectivity index (χ2v) is 7.55. The van der Waals surface area contributed by atoms with Crippen LogP contribution in [0, 0.1) is 6.92 Å². The highest BCUT2D eigenvalue weighted by Gasteiger charge is 2.17. The molecule has 0 aliphatic carbocycles. The Morgan fingerprint density at radius 3 is 2.56 bits per heavy atom. The molecule has 1 N–H and O–H groups in total. The fourth-order valence-electron chi connectivity index (χ4n) is 2.87. The first kappa shape index (κ1) is 21.7. The third kappa shape index (κ3) is 4.82. The van der Waals surface area contributed by atoms with Crippen LogP contribution >= 0.6 is 35.3 Å². The molecular formula is C19H24Cl2N4OS. The van der Waals surface area contributed by atoms with E-state index in [4.69, 9.17) is 11.6 Å². The first-order chi connectivity index (χ1) is 12.5. The van der Waals surface area contributed by atoms with Crippen molar-refractivity contribution in [3.05, 3.63) is 45.9 Å². The number of carbonyl (C=O) groups excluding carboxylic acids is 1. The van der Waals surface area contributed by atoms with Gasteiger partial charge in [0.05, 0.1) is 16.3 Å². The van der Waals surface area contributed by atoms with Crippen molar-refractivity contribution in [1.29, 1.82) is 0 Å². The molecule has 0 radical (unpaired) electrons. The Labute approximate surface area is 174 Å². The molecule has 1 aromatic carbocycles. The zero-order valence-electron chi connectivity index (χ0n) is 15.7. The molecule has 8 heteroatoms. The third-order valence-corrected chi connectivity index (χ3v) is 5.81. The van der Waals surface area contributed by atoms with E-state index in [1.165, 1.54) is 11.3 Å². The smallest absolute Gasteiger partial charge is 0.261 e. The van der Waals surface area contributed by atoms with E-state index in [1.54, 1.807) is 0 Å². The molecule has 2 heterocycles. The van der Waals surface area contributed by atoms with E-state index in [0.717, 1.165) is 41.2 Å². The lowest BCUT2D eigenvalue weighted by molar-refractivity contribution is 0.0953. The van der Waals surface area contributed by atoms with Crippen molar-refractivity contribution in [2.24, 2.45) is 0 Å². The van der Waals surface area contributed by atoms with Gasteiger partial charge in [0.15, 0.2) is 0 Å². The second-order valence-electron chi connectivity index (χ2n) is 6.09. The molecule has 146 valence electrons. The number of nitrogens with one attached hydrogen (secondary N) is 1. The minimum absolute atomic E-state index is 0. The SMILES string of the molecule is CCN(CC)CCNC(=O)c1cc2c(C)nn(-c3ccc(Cl)cc3)c2s1.Cl. The first-order valence-electron chi connectivity index (χ1n) is 8.79. The number of aromatic nitrogens is 2. The number of carbonyl (C=O) groups is 1. The van der Waals surface area contributed by atoms with Gasteiger partial charge in [-0.15, -0.1) is 23.7 Å². The number of rotatable bonds is 7. The highest BCUT2D eigenvalue weighted by molar-refractivity contribution is 7.20. The molecule has 0 saturated heterocycles. The monoisotopic (exact) mass is 426 g/mol. The Morgan fingerprint density at radius 1 is 1.26 bits per heavy atom. The van der Waals surface area contributed by atoms with Gasteiger partial charge in [-0.25, -0.2) is 4.68 Å². The van der Waals surface area contributed by atoms with E-state index < -0.39 is 0 Å². The molecule has 1 amide bonds. The minimum Gasteiger partial charge on any atom is -0.350 e. The number of hydrogen-bond acceptors (Lipinski definition) is 4. The molecule has 5 nitrogen and oxygen atoms in total. The maximum Gasteiger partial charge on any atom is 0.261 e. The van der Waals surface area contributed by atoms with Gasteiger partial charge < -0.3 is 10.2 Å². The van der Waals surface area contributed by atoms with Gasteiger partial charge in [0.2, 0.25) is 0 Å². The van der Waals surface area contributed by atoms with Gasteiger partial charge in [-0.2, -0.15) is 5.10 Å². The standard InChI is InChI=1S/C19H23ClN4OS.ClH/c1-4-23(5-2)11-10-21-18(25)17-12-16-13(3)22-24(19(16)26-17)15-8-6-14(20)7-9-15;/h6-9,12H,4-5,10-11H2,1-3H3,(H,21,25);1H. The summed E-state index contributed by atoms with van der Waals surface area (Å²) in [5, 5.41) is 9.32. The van der Waals surface area contributed by atoms with Crippen LogP contribution in [0.1, 0.15) is 29.2 Å². The summed E-state index contributed by atoms with van der Waals surface area (Å²) in [7, 11) is 0. The summed E-state index contributed by atoms with van der Waals surface area (Å²) in [4.78, 5) is 16.5. The molecule has 0 atom stereocenters. The third-order valence-electron chi connectivity index (χ3n) is 4.45. The van der Waals surface area contributed by atoms with Crippen molar-refractivity contribution in [1.82, 2.24) is 20.0 Å². The number of aryl methyl sites for hydroxylation is 1. The van der Waals surface area contributed by atoms with Crippen LogP contribution in [0.15, 0.2) is 30.3 Å². The quantitative estimate of drug-likeness (QED) is 0.602. The Hall–Kier alpha value is -1.60. The molecule has 0 spiro atoms. The zero-order valence-corrected chi connectivity index (χ0v) is 18.0. The number of amides is 1. The maximum absolute atomic E-state index is 12.5. The van der Waals surface area contributed by atoms with Gasteiger partial charge in [0.25, 0.3) is 5.91 Å². The lowest BCUT2D eigenvalue weighted by atomic mass is 10.3. The van der Waals surface area contributed by atoms with Crippen LogP contribution in [0.3, 0.4) is 0 Å². The summed E-state index contributed by atoms with van der Waals surface area (Å²) in [5.41, 5.74) is 1.84. The number of fused-ring (bicyclic) bond motifs is 1. The Kier molecular flexibility index (Phi) is 7.68. The van der Waals surface area contributed by atoms with Gasteiger partial charge in [-0.1, -0.05) is 25.4 Å². The molecule has 0 saturated carbocycles. The Bertz CT molecular complexity index is 900. The van der Waals surface area contributed by atoms with Crippen LogP contribution in [0.25, 0.3) is 15.9 Å². The van der Waals surface area contributed by atoms with E-state index >= 15 is 0 Å². The fraction of sp³-hybridized carbons (Fsp3) is 0.368. The van der Waals surface area contributed by atoms with Crippen LogP contribution in [0.4, 0.5) is 0 Å². The molecular weight excluding hydrogens is 403 g/mol. The molecule has 0 aliphatic heterocycles. The summed E-state index contributed by atoms with van der Waals surface area (Å²) in [6.07, 6.45) is 0. The number of hydrogen-bond donors (Lipinski definition) is 1. The molecule has 0 fully saturated rings. The first-order valence-corrected chi connectivity index (χ1v) is 9.98. The molecule has 3 aromatic rings. The van der Waals surface area contributed by atoms with Gasteiger partial charge >= 0.3 is 0 Å². The van der Waals surface area contributed by atoms with Crippen molar-refractivity contribution in [3.8, 4) is 5.69 Å². The number of benzene rings is 1. The predicted molar refractivity (Wildman–Crippen MR) is 116 cm³/mol. The highest BCUT2D eigenvalue weighted by atomic mass is 35.5. The van der Waals surface area contributed by atoms with E-state index in [9.17, 15) is 4.79 Å². The average molecular weight is 427 g/mol. The van der Waals surface area contributed by atoms with Crippen LogP contribution in [-0.4, -0.2) is 46.8 Å². The summed E-state index contributed by atoms with van der Waals surface area (Å²) >= 11 is 7.44. The van der Waals surface area contributed by atoms with Crippen LogP contribution < -0.4 is 5.32 Å². The van der Waals surface area contributed by atoms with E-state index in [1.807, 2.05) is 41.9 Å². The summed E-state index contributed by atoms with van der Waals surface area (Å²) < 4.78 is 1.87. The Balaban J connectivity index is 0.00000261. The average Bonchev–Trinajstić information content (AvgIpc) is 3.20. The molecule has 0 unspecified atom stereocenters. The zero-order chi connectivity index (χ0) is 18.7. The second kappa shape index (κ2) is 9.55. The summed E-state index contributed by atoms with van der Waals surface area (Å²) in [5.74, 6) is -0.0274. The number of thiophene rings is 1. The van der Waals surface area contributed by atoms with Crippen molar-refractivity contribution in [2.75, 3.05) is 26.2 Å². The molecule has 3 rings (SSSR count). The van der Waals surface area contributed by atoms with Crippen molar-refractivity contribution in [2.45, 2.75) is 20.8 Å². The summed E-state index contributed by atoms with van der Waals surface area (Å²) in [6, 6.07) is 9.47. The molecule has 0 bridgehead atoms. The summed E-state index contributed by atoms with van der Waals surface area (Å²) in [6.45, 7) is 9.71. The molecule has 27 heavy (non-hydrogen) atoms. The fourth-order valence-corrected chi connectivity index (χ4v) is 4.10.